The molecule has 0 saturated heterocycles. The molecule has 0 radical (unpaired) electrons. The second-order valence-corrected chi connectivity index (χ2v) is 6.24. The van der Waals surface area contributed by atoms with Gasteiger partial charge in [-0.2, -0.15) is 0 Å². The van der Waals surface area contributed by atoms with Crippen molar-refractivity contribution in [2.45, 2.75) is 67.2 Å². The standard InChI is InChI=1S/C15H30/c1-7-13-9-10-15(6,11(3)4)14(8-2)12(13)5/h11-14H,7-10H2,1-6H3. The quantitative estimate of drug-likeness (QED) is 0.605. The lowest BCUT2D eigenvalue weighted by Crippen LogP contribution is -2.43. The minimum absolute atomic E-state index is 0.597. The van der Waals surface area contributed by atoms with Gasteiger partial charge in [0.1, 0.15) is 0 Å². The van der Waals surface area contributed by atoms with E-state index in [0.29, 0.717) is 5.41 Å². The van der Waals surface area contributed by atoms with Crippen molar-refractivity contribution >= 4 is 0 Å². The van der Waals surface area contributed by atoms with Gasteiger partial charge in [0, 0.05) is 0 Å². The van der Waals surface area contributed by atoms with Gasteiger partial charge < -0.3 is 0 Å². The third-order valence-electron chi connectivity index (χ3n) is 5.56. The van der Waals surface area contributed by atoms with Crippen LogP contribution in [0.4, 0.5) is 0 Å². The summed E-state index contributed by atoms with van der Waals surface area (Å²) in [7, 11) is 0. The minimum atomic E-state index is 0.597. The predicted molar refractivity (Wildman–Crippen MR) is 68.9 cm³/mol. The highest BCUT2D eigenvalue weighted by molar-refractivity contribution is 4.93. The summed E-state index contributed by atoms with van der Waals surface area (Å²) in [5.41, 5.74) is 0.597. The van der Waals surface area contributed by atoms with Crippen LogP contribution in [0.2, 0.25) is 0 Å². The average Bonchev–Trinajstić information content (AvgIpc) is 2.18. The van der Waals surface area contributed by atoms with Crippen LogP contribution in [0.3, 0.4) is 0 Å². The van der Waals surface area contributed by atoms with Gasteiger partial charge in [-0.1, -0.05) is 54.4 Å². The highest BCUT2D eigenvalue weighted by Crippen LogP contribution is 2.52. The van der Waals surface area contributed by atoms with Gasteiger partial charge in [-0.3, -0.25) is 0 Å². The molecular formula is C15H30. The van der Waals surface area contributed by atoms with Crippen LogP contribution >= 0.6 is 0 Å². The summed E-state index contributed by atoms with van der Waals surface area (Å²) in [6.07, 6.45) is 5.66. The molecular weight excluding hydrogens is 180 g/mol. The van der Waals surface area contributed by atoms with Crippen molar-refractivity contribution in [2.24, 2.45) is 29.1 Å². The fourth-order valence-electron chi connectivity index (χ4n) is 4.00. The van der Waals surface area contributed by atoms with Gasteiger partial charge in [-0.25, -0.2) is 0 Å². The monoisotopic (exact) mass is 210 g/mol. The molecule has 4 atom stereocenters. The maximum absolute atomic E-state index is 2.54. The van der Waals surface area contributed by atoms with E-state index in [-0.39, 0.29) is 0 Å². The van der Waals surface area contributed by atoms with Crippen molar-refractivity contribution < 1.29 is 0 Å². The summed E-state index contributed by atoms with van der Waals surface area (Å²) in [6, 6.07) is 0. The van der Waals surface area contributed by atoms with Gasteiger partial charge >= 0.3 is 0 Å². The highest BCUT2D eigenvalue weighted by atomic mass is 14.5. The number of hydrogen-bond acceptors (Lipinski definition) is 0. The molecule has 0 aromatic rings. The highest BCUT2D eigenvalue weighted by Gasteiger charge is 2.44. The van der Waals surface area contributed by atoms with E-state index in [4.69, 9.17) is 0 Å². The Labute approximate surface area is 96.8 Å². The summed E-state index contributed by atoms with van der Waals surface area (Å²) in [5, 5.41) is 0. The van der Waals surface area contributed by atoms with E-state index >= 15 is 0 Å². The van der Waals surface area contributed by atoms with Gasteiger partial charge in [0.15, 0.2) is 0 Å². The average molecular weight is 210 g/mol. The zero-order valence-electron chi connectivity index (χ0n) is 11.6. The van der Waals surface area contributed by atoms with E-state index in [1.54, 1.807) is 0 Å². The van der Waals surface area contributed by atoms with Gasteiger partial charge in [-0.15, -0.1) is 0 Å². The Hall–Kier alpha value is 0. The smallest absolute Gasteiger partial charge is 0.0272 e. The lowest BCUT2D eigenvalue weighted by atomic mass is 9.54. The SMILES string of the molecule is CCC1CCC(C)(C(C)C)C(CC)C1C. The Bertz CT molecular complexity index is 194. The fraction of sp³-hybridized carbons (Fsp3) is 1.00. The zero-order valence-corrected chi connectivity index (χ0v) is 11.6. The molecule has 0 nitrogen and oxygen atoms in total. The van der Waals surface area contributed by atoms with Crippen molar-refractivity contribution in [1.82, 2.24) is 0 Å². The Morgan fingerprint density at radius 1 is 1.20 bits per heavy atom. The lowest BCUT2D eigenvalue weighted by Gasteiger charge is -2.51. The molecule has 0 aromatic carbocycles. The van der Waals surface area contributed by atoms with Crippen LogP contribution in [0.15, 0.2) is 0 Å². The Kier molecular flexibility index (Phi) is 4.26. The van der Waals surface area contributed by atoms with E-state index in [1.165, 1.54) is 25.7 Å². The molecule has 1 fully saturated rings. The largest absolute Gasteiger partial charge is 0.0651 e. The normalized spacial score (nSPS) is 42.2. The molecule has 0 heterocycles. The topological polar surface area (TPSA) is 0 Å². The molecule has 0 amide bonds. The van der Waals surface area contributed by atoms with Crippen molar-refractivity contribution in [3.8, 4) is 0 Å². The van der Waals surface area contributed by atoms with Crippen LogP contribution in [0, 0.1) is 29.1 Å². The summed E-state index contributed by atoms with van der Waals surface area (Å²) in [5.74, 6) is 3.70. The summed E-state index contributed by atoms with van der Waals surface area (Å²) >= 11 is 0. The molecule has 0 heteroatoms. The molecule has 90 valence electrons. The summed E-state index contributed by atoms with van der Waals surface area (Å²) < 4.78 is 0. The van der Waals surface area contributed by atoms with Crippen LogP contribution in [0.1, 0.15) is 67.2 Å². The van der Waals surface area contributed by atoms with Crippen LogP contribution in [0.5, 0.6) is 0 Å². The van der Waals surface area contributed by atoms with Crippen molar-refractivity contribution in [3.63, 3.8) is 0 Å². The van der Waals surface area contributed by atoms with Crippen LogP contribution in [-0.4, -0.2) is 0 Å². The molecule has 0 aliphatic heterocycles. The molecule has 0 bridgehead atoms. The van der Waals surface area contributed by atoms with Gasteiger partial charge in [0.05, 0.1) is 0 Å². The molecule has 1 aliphatic rings. The van der Waals surface area contributed by atoms with Gasteiger partial charge in [0.2, 0.25) is 0 Å². The first-order valence-corrected chi connectivity index (χ1v) is 6.97. The van der Waals surface area contributed by atoms with Gasteiger partial charge in [0.25, 0.3) is 0 Å². The van der Waals surface area contributed by atoms with E-state index in [9.17, 15) is 0 Å². The summed E-state index contributed by atoms with van der Waals surface area (Å²) in [6.45, 7) is 14.6. The predicted octanol–water partition coefficient (Wildman–Crippen LogP) is 5.13. The molecule has 1 aliphatic carbocycles. The summed E-state index contributed by atoms with van der Waals surface area (Å²) in [4.78, 5) is 0. The maximum Gasteiger partial charge on any atom is -0.0272 e. The second-order valence-electron chi connectivity index (χ2n) is 6.24. The van der Waals surface area contributed by atoms with Gasteiger partial charge in [-0.05, 0) is 41.9 Å². The molecule has 4 unspecified atom stereocenters. The second kappa shape index (κ2) is 4.89. The van der Waals surface area contributed by atoms with E-state index in [2.05, 4.69) is 41.5 Å². The first-order valence-electron chi connectivity index (χ1n) is 6.97. The molecule has 0 N–H and O–H groups in total. The molecule has 15 heavy (non-hydrogen) atoms. The molecule has 0 aromatic heterocycles. The minimum Gasteiger partial charge on any atom is -0.0651 e. The Morgan fingerprint density at radius 3 is 2.20 bits per heavy atom. The van der Waals surface area contributed by atoms with Crippen LogP contribution < -0.4 is 0 Å². The first-order chi connectivity index (χ1) is 6.97. The number of rotatable bonds is 3. The van der Waals surface area contributed by atoms with E-state index < -0.39 is 0 Å². The molecule has 1 rings (SSSR count). The van der Waals surface area contributed by atoms with Crippen molar-refractivity contribution in [3.05, 3.63) is 0 Å². The lowest BCUT2D eigenvalue weighted by molar-refractivity contribution is -0.0149. The van der Waals surface area contributed by atoms with Crippen LogP contribution in [0.25, 0.3) is 0 Å². The Balaban J connectivity index is 2.86. The van der Waals surface area contributed by atoms with Crippen LogP contribution in [-0.2, 0) is 0 Å². The van der Waals surface area contributed by atoms with E-state index in [1.807, 2.05) is 0 Å². The van der Waals surface area contributed by atoms with Crippen molar-refractivity contribution in [1.29, 1.82) is 0 Å². The maximum atomic E-state index is 2.54. The number of hydrogen-bond donors (Lipinski definition) is 0. The zero-order chi connectivity index (χ0) is 11.6. The fourth-order valence-corrected chi connectivity index (χ4v) is 4.00. The Morgan fingerprint density at radius 2 is 1.80 bits per heavy atom. The first kappa shape index (κ1) is 13.1. The third-order valence-corrected chi connectivity index (χ3v) is 5.56. The van der Waals surface area contributed by atoms with E-state index in [0.717, 1.165) is 23.7 Å². The molecule has 0 spiro atoms. The molecule has 1 saturated carbocycles. The third kappa shape index (κ3) is 2.24. The van der Waals surface area contributed by atoms with Crippen molar-refractivity contribution in [2.75, 3.05) is 0 Å².